The van der Waals surface area contributed by atoms with E-state index in [-0.39, 0.29) is 0 Å². The highest BCUT2D eigenvalue weighted by molar-refractivity contribution is 4.97. The fourth-order valence-corrected chi connectivity index (χ4v) is 3.45. The highest BCUT2D eigenvalue weighted by Gasteiger charge is 2.48. The van der Waals surface area contributed by atoms with Crippen LogP contribution >= 0.6 is 0 Å². The normalized spacial score (nSPS) is 33.4. The minimum Gasteiger partial charge on any atom is -0.0654 e. The molecule has 1 rings (SSSR count). The van der Waals surface area contributed by atoms with Crippen LogP contribution in [0.15, 0.2) is 0 Å². The summed E-state index contributed by atoms with van der Waals surface area (Å²) in [5.41, 5.74) is 0. The second-order valence-electron chi connectivity index (χ2n) is 5.69. The van der Waals surface area contributed by atoms with Crippen molar-refractivity contribution in [3.63, 3.8) is 0 Å². The van der Waals surface area contributed by atoms with Crippen LogP contribution < -0.4 is 0 Å². The van der Waals surface area contributed by atoms with Crippen molar-refractivity contribution in [2.24, 2.45) is 29.6 Å². The molecule has 1 aliphatic carbocycles. The van der Waals surface area contributed by atoms with Gasteiger partial charge in [-0.2, -0.15) is 0 Å². The summed E-state index contributed by atoms with van der Waals surface area (Å²) in [7, 11) is 0. The molecular weight excluding hydrogens is 168 g/mol. The van der Waals surface area contributed by atoms with E-state index in [9.17, 15) is 0 Å². The summed E-state index contributed by atoms with van der Waals surface area (Å²) >= 11 is 0. The van der Waals surface area contributed by atoms with Gasteiger partial charge in [0, 0.05) is 0 Å². The summed E-state index contributed by atoms with van der Waals surface area (Å²) < 4.78 is 0. The molecule has 0 heteroatoms. The predicted molar refractivity (Wildman–Crippen MR) is 64.3 cm³/mol. The van der Waals surface area contributed by atoms with Crippen LogP contribution in [0.1, 0.15) is 60.3 Å². The Kier molecular flexibility index (Phi) is 4.47. The Balaban J connectivity index is 2.43. The molecule has 1 saturated carbocycles. The molecule has 1 fully saturated rings. The summed E-state index contributed by atoms with van der Waals surface area (Å²) in [6, 6.07) is 0. The molecule has 0 radical (unpaired) electrons. The van der Waals surface area contributed by atoms with E-state index in [2.05, 4.69) is 34.6 Å². The quantitative estimate of drug-likeness (QED) is 0.575. The smallest absolute Gasteiger partial charge is 0.0326 e. The highest BCUT2D eigenvalue weighted by Crippen LogP contribution is 2.55. The van der Waals surface area contributed by atoms with Crippen molar-refractivity contribution in [2.45, 2.75) is 60.3 Å². The highest BCUT2D eigenvalue weighted by atomic mass is 14.5. The molecule has 84 valence electrons. The monoisotopic (exact) mass is 196 g/mol. The zero-order valence-corrected chi connectivity index (χ0v) is 10.7. The van der Waals surface area contributed by atoms with Crippen molar-refractivity contribution in [2.75, 3.05) is 0 Å². The second kappa shape index (κ2) is 5.19. The maximum atomic E-state index is 2.46. The van der Waals surface area contributed by atoms with Crippen molar-refractivity contribution in [3.8, 4) is 0 Å². The van der Waals surface area contributed by atoms with Gasteiger partial charge in [0.25, 0.3) is 0 Å². The third-order valence-electron chi connectivity index (χ3n) is 4.09. The van der Waals surface area contributed by atoms with Crippen LogP contribution in [-0.4, -0.2) is 0 Å². The number of rotatable bonds is 6. The summed E-state index contributed by atoms with van der Waals surface area (Å²) in [5, 5.41) is 0. The Bertz CT molecular complexity index is 159. The predicted octanol–water partition coefficient (Wildman–Crippen LogP) is 4.74. The molecule has 0 N–H and O–H groups in total. The van der Waals surface area contributed by atoms with Gasteiger partial charge in [0.05, 0.1) is 0 Å². The van der Waals surface area contributed by atoms with Gasteiger partial charge < -0.3 is 0 Å². The van der Waals surface area contributed by atoms with Crippen LogP contribution in [0.25, 0.3) is 0 Å². The Morgan fingerprint density at radius 3 is 2.14 bits per heavy atom. The molecule has 0 aromatic rings. The molecule has 4 atom stereocenters. The lowest BCUT2D eigenvalue weighted by Gasteiger charge is -2.18. The average Bonchev–Trinajstić information content (AvgIpc) is 2.75. The van der Waals surface area contributed by atoms with E-state index >= 15 is 0 Å². The van der Waals surface area contributed by atoms with E-state index in [1.807, 2.05) is 0 Å². The third kappa shape index (κ3) is 2.74. The molecule has 0 amide bonds. The topological polar surface area (TPSA) is 0 Å². The van der Waals surface area contributed by atoms with Gasteiger partial charge in [-0.3, -0.25) is 0 Å². The Hall–Kier alpha value is 0. The third-order valence-corrected chi connectivity index (χ3v) is 4.09. The van der Waals surface area contributed by atoms with Gasteiger partial charge in [0.15, 0.2) is 0 Å². The first kappa shape index (κ1) is 12.1. The number of hydrogen-bond acceptors (Lipinski definition) is 0. The lowest BCUT2D eigenvalue weighted by atomic mass is 9.87. The molecule has 0 aromatic carbocycles. The molecule has 0 saturated heterocycles. The van der Waals surface area contributed by atoms with Gasteiger partial charge >= 0.3 is 0 Å². The molecule has 14 heavy (non-hydrogen) atoms. The molecule has 0 spiro atoms. The fourth-order valence-electron chi connectivity index (χ4n) is 3.45. The van der Waals surface area contributed by atoms with Crippen molar-refractivity contribution in [1.82, 2.24) is 0 Å². The molecule has 0 heterocycles. The lowest BCUT2D eigenvalue weighted by Crippen LogP contribution is -2.08. The van der Waals surface area contributed by atoms with Crippen molar-refractivity contribution >= 4 is 0 Å². The van der Waals surface area contributed by atoms with Crippen LogP contribution in [-0.2, 0) is 0 Å². The van der Waals surface area contributed by atoms with Gasteiger partial charge in [0.2, 0.25) is 0 Å². The minimum atomic E-state index is 0.886. The van der Waals surface area contributed by atoms with E-state index in [0.29, 0.717) is 0 Å². The Morgan fingerprint density at radius 2 is 1.79 bits per heavy atom. The van der Waals surface area contributed by atoms with Crippen LogP contribution in [0.2, 0.25) is 0 Å². The van der Waals surface area contributed by atoms with Crippen LogP contribution in [0.3, 0.4) is 0 Å². The minimum absolute atomic E-state index is 0.886. The van der Waals surface area contributed by atoms with Gasteiger partial charge in [-0.15, -0.1) is 0 Å². The van der Waals surface area contributed by atoms with E-state index < -0.39 is 0 Å². The first-order valence-corrected chi connectivity index (χ1v) is 6.61. The van der Waals surface area contributed by atoms with Crippen molar-refractivity contribution in [3.05, 3.63) is 0 Å². The molecular formula is C14H28. The summed E-state index contributed by atoms with van der Waals surface area (Å²) in [6.07, 6.45) is 5.70. The maximum absolute atomic E-state index is 2.46. The van der Waals surface area contributed by atoms with Gasteiger partial charge in [-0.25, -0.2) is 0 Å². The van der Waals surface area contributed by atoms with Gasteiger partial charge in [-0.1, -0.05) is 53.9 Å². The zero-order valence-electron chi connectivity index (χ0n) is 10.7. The second-order valence-corrected chi connectivity index (χ2v) is 5.69. The molecule has 0 nitrogen and oxygen atoms in total. The molecule has 0 aliphatic heterocycles. The first-order valence-electron chi connectivity index (χ1n) is 6.61. The average molecular weight is 196 g/mol. The first-order chi connectivity index (χ1) is 6.61. The lowest BCUT2D eigenvalue weighted by molar-refractivity contribution is 0.321. The van der Waals surface area contributed by atoms with E-state index in [4.69, 9.17) is 0 Å². The van der Waals surface area contributed by atoms with Gasteiger partial charge in [-0.05, 0) is 36.0 Å². The van der Waals surface area contributed by atoms with Crippen LogP contribution in [0.4, 0.5) is 0 Å². The van der Waals surface area contributed by atoms with Crippen LogP contribution in [0, 0.1) is 29.6 Å². The molecule has 4 unspecified atom stereocenters. The standard InChI is InChI=1S/C14H28/c1-6-8-12(9-10(3)4)14-11(5)13(14)7-2/h10-14H,6-9H2,1-5H3. The largest absolute Gasteiger partial charge is 0.0654 e. The van der Waals surface area contributed by atoms with E-state index in [1.54, 1.807) is 0 Å². The van der Waals surface area contributed by atoms with Crippen molar-refractivity contribution < 1.29 is 0 Å². The summed E-state index contributed by atoms with van der Waals surface area (Å²) in [4.78, 5) is 0. The maximum Gasteiger partial charge on any atom is -0.0326 e. The zero-order chi connectivity index (χ0) is 10.7. The fraction of sp³-hybridized carbons (Fsp3) is 1.00. The Labute approximate surface area is 90.5 Å². The summed E-state index contributed by atoms with van der Waals surface area (Å²) in [6.45, 7) is 11.9. The summed E-state index contributed by atoms with van der Waals surface area (Å²) in [5.74, 6) is 5.07. The molecule has 1 aliphatic rings. The molecule has 0 bridgehead atoms. The molecule has 0 aromatic heterocycles. The van der Waals surface area contributed by atoms with Gasteiger partial charge in [0.1, 0.15) is 0 Å². The SMILES string of the molecule is CCCC(CC(C)C)C1C(C)C1CC. The van der Waals surface area contributed by atoms with E-state index in [1.165, 1.54) is 25.7 Å². The number of hydrogen-bond donors (Lipinski definition) is 0. The van der Waals surface area contributed by atoms with E-state index in [0.717, 1.165) is 29.6 Å². The Morgan fingerprint density at radius 1 is 1.14 bits per heavy atom. The van der Waals surface area contributed by atoms with Crippen molar-refractivity contribution in [1.29, 1.82) is 0 Å². The van der Waals surface area contributed by atoms with Crippen LogP contribution in [0.5, 0.6) is 0 Å².